The largest absolute Gasteiger partial charge is 0.492 e. The summed E-state index contributed by atoms with van der Waals surface area (Å²) in [5.41, 5.74) is 1.16. The third-order valence-electron chi connectivity index (χ3n) is 3.47. The molecule has 0 N–H and O–H groups in total. The van der Waals surface area contributed by atoms with E-state index in [2.05, 4.69) is 0 Å². The molecule has 0 atom stereocenters. The zero-order valence-electron chi connectivity index (χ0n) is 14.1. The standard InChI is InChI=1S/C18H20ClNO4S/c1-20(10-11-24-17-5-3-4-16(19)12-17)18(21)15-8-6-14(7-9-15)13-25(2,22)23/h3-9,12H,10-11,13H2,1-2H3. The van der Waals surface area contributed by atoms with Crippen LogP contribution in [0.4, 0.5) is 0 Å². The third-order valence-corrected chi connectivity index (χ3v) is 4.56. The molecule has 1 amide bonds. The van der Waals surface area contributed by atoms with Gasteiger partial charge in [-0.1, -0.05) is 29.8 Å². The van der Waals surface area contributed by atoms with Crippen LogP contribution in [-0.4, -0.2) is 45.7 Å². The number of carbonyl (C=O) groups is 1. The van der Waals surface area contributed by atoms with Crippen LogP contribution >= 0.6 is 11.6 Å². The van der Waals surface area contributed by atoms with E-state index in [0.29, 0.717) is 35.1 Å². The highest BCUT2D eigenvalue weighted by molar-refractivity contribution is 7.89. The van der Waals surface area contributed by atoms with Gasteiger partial charge >= 0.3 is 0 Å². The van der Waals surface area contributed by atoms with Crippen molar-refractivity contribution in [2.75, 3.05) is 26.5 Å². The lowest BCUT2D eigenvalue weighted by Gasteiger charge is -2.18. The minimum Gasteiger partial charge on any atom is -0.492 e. The number of halogens is 1. The highest BCUT2D eigenvalue weighted by Gasteiger charge is 2.12. The van der Waals surface area contributed by atoms with E-state index in [1.54, 1.807) is 60.5 Å². The van der Waals surface area contributed by atoms with Gasteiger partial charge < -0.3 is 9.64 Å². The summed E-state index contributed by atoms with van der Waals surface area (Å²) in [7, 11) is -1.40. The molecule has 25 heavy (non-hydrogen) atoms. The number of nitrogens with zero attached hydrogens (tertiary/aromatic N) is 1. The second-order valence-electron chi connectivity index (χ2n) is 5.80. The predicted octanol–water partition coefficient (Wildman–Crippen LogP) is 3.04. The van der Waals surface area contributed by atoms with E-state index in [9.17, 15) is 13.2 Å². The van der Waals surface area contributed by atoms with Crippen molar-refractivity contribution in [3.8, 4) is 5.75 Å². The lowest BCUT2D eigenvalue weighted by Crippen LogP contribution is -2.30. The highest BCUT2D eigenvalue weighted by Crippen LogP contribution is 2.17. The summed E-state index contributed by atoms with van der Waals surface area (Å²) in [4.78, 5) is 13.9. The molecule has 0 aliphatic heterocycles. The van der Waals surface area contributed by atoms with E-state index < -0.39 is 9.84 Å². The summed E-state index contributed by atoms with van der Waals surface area (Å²) >= 11 is 5.89. The fourth-order valence-corrected chi connectivity index (χ4v) is 3.20. The quantitative estimate of drug-likeness (QED) is 0.739. The zero-order chi connectivity index (χ0) is 18.4. The SMILES string of the molecule is CN(CCOc1cccc(Cl)c1)C(=O)c1ccc(CS(C)(=O)=O)cc1. The van der Waals surface area contributed by atoms with Gasteiger partial charge in [-0.3, -0.25) is 4.79 Å². The Labute approximate surface area is 153 Å². The number of hydrogen-bond acceptors (Lipinski definition) is 4. The topological polar surface area (TPSA) is 63.7 Å². The third kappa shape index (κ3) is 6.40. The molecule has 0 radical (unpaired) electrons. The number of hydrogen-bond donors (Lipinski definition) is 0. The molecule has 0 heterocycles. The number of ether oxygens (including phenoxy) is 1. The van der Waals surface area contributed by atoms with E-state index in [1.165, 1.54) is 6.26 Å². The minimum absolute atomic E-state index is 0.0369. The van der Waals surface area contributed by atoms with Gasteiger partial charge in [0.25, 0.3) is 5.91 Å². The Hall–Kier alpha value is -2.05. The molecular weight excluding hydrogens is 362 g/mol. The Balaban J connectivity index is 1.88. The number of benzene rings is 2. The predicted molar refractivity (Wildman–Crippen MR) is 98.9 cm³/mol. The monoisotopic (exact) mass is 381 g/mol. The molecule has 0 aliphatic rings. The Morgan fingerprint density at radius 3 is 2.44 bits per heavy atom. The molecule has 2 aromatic carbocycles. The van der Waals surface area contributed by atoms with E-state index in [-0.39, 0.29) is 11.7 Å². The van der Waals surface area contributed by atoms with Crippen LogP contribution in [0.25, 0.3) is 0 Å². The summed E-state index contributed by atoms with van der Waals surface area (Å²) in [6.07, 6.45) is 1.18. The molecule has 5 nitrogen and oxygen atoms in total. The molecule has 0 unspecified atom stereocenters. The fourth-order valence-electron chi connectivity index (χ4n) is 2.23. The van der Waals surface area contributed by atoms with Crippen LogP contribution in [0.1, 0.15) is 15.9 Å². The van der Waals surface area contributed by atoms with Gasteiger partial charge in [0.1, 0.15) is 12.4 Å². The molecule has 0 bridgehead atoms. The van der Waals surface area contributed by atoms with Crippen molar-refractivity contribution in [3.05, 3.63) is 64.7 Å². The van der Waals surface area contributed by atoms with Crippen molar-refractivity contribution in [2.24, 2.45) is 0 Å². The molecule has 0 spiro atoms. The number of likely N-dealkylation sites (N-methyl/N-ethyl adjacent to an activating group) is 1. The fraction of sp³-hybridized carbons (Fsp3) is 0.278. The smallest absolute Gasteiger partial charge is 0.253 e. The van der Waals surface area contributed by atoms with Crippen molar-refractivity contribution in [1.29, 1.82) is 0 Å². The van der Waals surface area contributed by atoms with E-state index in [0.717, 1.165) is 0 Å². The zero-order valence-corrected chi connectivity index (χ0v) is 15.7. The number of rotatable bonds is 7. The van der Waals surface area contributed by atoms with Gasteiger partial charge in [0, 0.05) is 23.9 Å². The molecule has 0 aliphatic carbocycles. The maximum Gasteiger partial charge on any atom is 0.253 e. The first-order chi connectivity index (χ1) is 11.7. The lowest BCUT2D eigenvalue weighted by atomic mass is 10.1. The Morgan fingerprint density at radius 2 is 1.84 bits per heavy atom. The molecule has 0 saturated carbocycles. The van der Waals surface area contributed by atoms with Crippen LogP contribution in [-0.2, 0) is 15.6 Å². The molecule has 134 valence electrons. The van der Waals surface area contributed by atoms with Gasteiger partial charge in [0.05, 0.1) is 12.3 Å². The lowest BCUT2D eigenvalue weighted by molar-refractivity contribution is 0.0774. The van der Waals surface area contributed by atoms with Crippen LogP contribution in [0.2, 0.25) is 5.02 Å². The van der Waals surface area contributed by atoms with Gasteiger partial charge in [-0.15, -0.1) is 0 Å². The maximum atomic E-state index is 12.4. The summed E-state index contributed by atoms with van der Waals surface area (Å²) in [6.45, 7) is 0.755. The molecule has 0 saturated heterocycles. The summed E-state index contributed by atoms with van der Waals surface area (Å²) in [5.74, 6) is 0.462. The number of amides is 1. The highest BCUT2D eigenvalue weighted by atomic mass is 35.5. The van der Waals surface area contributed by atoms with Crippen LogP contribution in [0, 0.1) is 0 Å². The minimum atomic E-state index is -3.09. The Morgan fingerprint density at radius 1 is 1.16 bits per heavy atom. The second kappa shape index (κ2) is 8.36. The van der Waals surface area contributed by atoms with Crippen molar-refractivity contribution in [3.63, 3.8) is 0 Å². The van der Waals surface area contributed by atoms with E-state index in [1.807, 2.05) is 0 Å². The van der Waals surface area contributed by atoms with Crippen LogP contribution in [0.3, 0.4) is 0 Å². The first-order valence-corrected chi connectivity index (χ1v) is 10.1. The van der Waals surface area contributed by atoms with Gasteiger partial charge in [-0.25, -0.2) is 8.42 Å². The van der Waals surface area contributed by atoms with Crippen molar-refractivity contribution >= 4 is 27.3 Å². The first-order valence-electron chi connectivity index (χ1n) is 7.65. The normalized spacial score (nSPS) is 11.2. The second-order valence-corrected chi connectivity index (χ2v) is 8.38. The molecular formula is C18H20ClNO4S. The maximum absolute atomic E-state index is 12.4. The van der Waals surface area contributed by atoms with Crippen molar-refractivity contribution in [1.82, 2.24) is 4.90 Å². The van der Waals surface area contributed by atoms with Gasteiger partial charge in [0.2, 0.25) is 0 Å². The molecule has 7 heteroatoms. The summed E-state index contributed by atoms with van der Waals surface area (Å²) < 4.78 is 28.1. The number of sulfone groups is 1. The van der Waals surface area contributed by atoms with Crippen molar-refractivity contribution < 1.29 is 17.9 Å². The van der Waals surface area contributed by atoms with E-state index >= 15 is 0 Å². The van der Waals surface area contributed by atoms with Gasteiger partial charge in [-0.05, 0) is 35.9 Å². The van der Waals surface area contributed by atoms with Crippen LogP contribution < -0.4 is 4.74 Å². The van der Waals surface area contributed by atoms with Crippen LogP contribution in [0.5, 0.6) is 5.75 Å². The Kier molecular flexibility index (Phi) is 6.45. The molecule has 2 aromatic rings. The molecule has 2 rings (SSSR count). The Bertz CT molecular complexity index is 834. The van der Waals surface area contributed by atoms with Gasteiger partial charge in [0.15, 0.2) is 9.84 Å². The van der Waals surface area contributed by atoms with Gasteiger partial charge in [-0.2, -0.15) is 0 Å². The van der Waals surface area contributed by atoms with Crippen LogP contribution in [0.15, 0.2) is 48.5 Å². The van der Waals surface area contributed by atoms with Crippen molar-refractivity contribution in [2.45, 2.75) is 5.75 Å². The summed E-state index contributed by atoms with van der Waals surface area (Å²) in [6, 6.07) is 13.7. The summed E-state index contributed by atoms with van der Waals surface area (Å²) in [5, 5.41) is 0.594. The molecule has 0 fully saturated rings. The first kappa shape index (κ1) is 19.3. The number of carbonyl (C=O) groups excluding carboxylic acids is 1. The molecule has 0 aromatic heterocycles. The average Bonchev–Trinajstić information content (AvgIpc) is 2.53. The van der Waals surface area contributed by atoms with E-state index in [4.69, 9.17) is 16.3 Å². The average molecular weight is 382 g/mol.